The fourth-order valence-electron chi connectivity index (χ4n) is 4.91. The van der Waals surface area contributed by atoms with E-state index in [1.54, 1.807) is 19.2 Å². The quantitative estimate of drug-likeness (QED) is 0.490. The van der Waals surface area contributed by atoms with Crippen LogP contribution < -0.4 is 21.4 Å². The number of nitrogens with two attached hydrogens (primary N) is 1. The number of carbonyl (C=O) groups excluding carboxylic acids is 2. The Morgan fingerprint density at radius 2 is 2.00 bits per heavy atom. The van der Waals surface area contributed by atoms with Gasteiger partial charge in [-0.2, -0.15) is 0 Å². The Bertz CT molecular complexity index is 1190. The molecule has 4 rings (SSSR count). The lowest BCUT2D eigenvalue weighted by Gasteiger charge is -2.33. The maximum absolute atomic E-state index is 13.2. The van der Waals surface area contributed by atoms with Crippen molar-refractivity contribution in [3.8, 4) is 0 Å². The SMILES string of the molecule is CCOC(=O)c1cn(C2CC2)c2c(Cl)c(N3CCC(C(C)(C)NC(C)=O)C3)c(N)cc2c1=O. The third-order valence-corrected chi connectivity index (χ3v) is 7.08. The van der Waals surface area contributed by atoms with Crippen LogP contribution in [-0.4, -0.2) is 41.7 Å². The first-order valence-corrected chi connectivity index (χ1v) is 11.8. The summed E-state index contributed by atoms with van der Waals surface area (Å²) >= 11 is 6.95. The molecule has 1 amide bonds. The van der Waals surface area contributed by atoms with E-state index in [-0.39, 0.29) is 35.6 Å². The maximum atomic E-state index is 13.2. The van der Waals surface area contributed by atoms with Crippen LogP contribution in [-0.2, 0) is 9.53 Å². The molecule has 1 aromatic carbocycles. The van der Waals surface area contributed by atoms with Crippen molar-refractivity contribution in [2.45, 2.75) is 58.5 Å². The smallest absolute Gasteiger partial charge is 0.343 e. The Kier molecular flexibility index (Phi) is 6.07. The monoisotopic (exact) mass is 474 g/mol. The zero-order valence-electron chi connectivity index (χ0n) is 19.5. The molecule has 1 aromatic heterocycles. The van der Waals surface area contributed by atoms with E-state index in [1.165, 1.54) is 6.92 Å². The number of carbonyl (C=O) groups is 2. The highest BCUT2D eigenvalue weighted by Gasteiger charge is 2.38. The van der Waals surface area contributed by atoms with Crippen molar-refractivity contribution in [1.82, 2.24) is 9.88 Å². The molecule has 0 spiro atoms. The molecule has 2 aliphatic rings. The summed E-state index contributed by atoms with van der Waals surface area (Å²) in [5.41, 5.74) is 7.33. The van der Waals surface area contributed by atoms with Crippen LogP contribution in [0.5, 0.6) is 0 Å². The fourth-order valence-corrected chi connectivity index (χ4v) is 5.33. The first-order valence-electron chi connectivity index (χ1n) is 11.4. The highest BCUT2D eigenvalue weighted by molar-refractivity contribution is 6.38. The van der Waals surface area contributed by atoms with Gasteiger partial charge in [-0.3, -0.25) is 9.59 Å². The number of fused-ring (bicyclic) bond motifs is 1. The molecule has 178 valence electrons. The van der Waals surface area contributed by atoms with Crippen molar-refractivity contribution >= 4 is 45.8 Å². The van der Waals surface area contributed by atoms with E-state index in [0.717, 1.165) is 25.8 Å². The Morgan fingerprint density at radius 1 is 1.30 bits per heavy atom. The van der Waals surface area contributed by atoms with Crippen LogP contribution in [0.3, 0.4) is 0 Å². The van der Waals surface area contributed by atoms with Crippen LogP contribution in [0.4, 0.5) is 11.4 Å². The Balaban J connectivity index is 1.80. The third-order valence-electron chi connectivity index (χ3n) is 6.72. The first kappa shape index (κ1) is 23.4. The molecule has 0 radical (unpaired) electrons. The molecule has 1 saturated heterocycles. The third kappa shape index (κ3) is 4.28. The van der Waals surface area contributed by atoms with E-state index in [0.29, 0.717) is 33.8 Å². The number of amides is 1. The zero-order valence-corrected chi connectivity index (χ0v) is 20.3. The predicted molar refractivity (Wildman–Crippen MR) is 130 cm³/mol. The molecule has 9 heteroatoms. The van der Waals surface area contributed by atoms with Crippen LogP contribution in [0.1, 0.15) is 63.4 Å². The van der Waals surface area contributed by atoms with Gasteiger partial charge in [-0.25, -0.2) is 4.79 Å². The second-order valence-corrected chi connectivity index (χ2v) is 9.97. The van der Waals surface area contributed by atoms with Crippen LogP contribution in [0.15, 0.2) is 17.1 Å². The summed E-state index contributed by atoms with van der Waals surface area (Å²) in [5.74, 6) is -0.489. The molecule has 33 heavy (non-hydrogen) atoms. The van der Waals surface area contributed by atoms with E-state index in [4.69, 9.17) is 22.1 Å². The number of rotatable bonds is 6. The van der Waals surface area contributed by atoms with E-state index in [9.17, 15) is 14.4 Å². The topological polar surface area (TPSA) is 107 Å². The van der Waals surface area contributed by atoms with Gasteiger partial charge in [0.1, 0.15) is 5.56 Å². The number of nitrogen functional groups attached to an aromatic ring is 1. The van der Waals surface area contributed by atoms with Crippen molar-refractivity contribution in [3.05, 3.63) is 33.1 Å². The number of anilines is 2. The van der Waals surface area contributed by atoms with Crippen molar-refractivity contribution in [1.29, 1.82) is 0 Å². The Hall–Kier alpha value is -2.74. The van der Waals surface area contributed by atoms with Crippen molar-refractivity contribution in [2.24, 2.45) is 5.92 Å². The average Bonchev–Trinajstić information content (AvgIpc) is 3.44. The number of nitrogens with one attached hydrogen (secondary N) is 1. The number of hydrogen-bond donors (Lipinski definition) is 2. The number of ether oxygens (including phenoxy) is 1. The van der Waals surface area contributed by atoms with Gasteiger partial charge in [0, 0.05) is 43.7 Å². The molecule has 0 bridgehead atoms. The Morgan fingerprint density at radius 3 is 2.61 bits per heavy atom. The summed E-state index contributed by atoms with van der Waals surface area (Å²) in [6, 6.07) is 1.81. The van der Waals surface area contributed by atoms with E-state index < -0.39 is 11.4 Å². The van der Waals surface area contributed by atoms with E-state index >= 15 is 0 Å². The molecule has 1 aliphatic carbocycles. The molecular formula is C24H31ClN4O4. The normalized spacial score (nSPS) is 18.6. The van der Waals surface area contributed by atoms with Gasteiger partial charge in [-0.15, -0.1) is 0 Å². The van der Waals surface area contributed by atoms with Crippen molar-refractivity contribution in [2.75, 3.05) is 30.3 Å². The van der Waals surface area contributed by atoms with Gasteiger partial charge in [0.05, 0.1) is 33.9 Å². The summed E-state index contributed by atoms with van der Waals surface area (Å²) in [7, 11) is 0. The molecular weight excluding hydrogens is 444 g/mol. The van der Waals surface area contributed by atoms with Gasteiger partial charge in [-0.1, -0.05) is 11.6 Å². The largest absolute Gasteiger partial charge is 0.462 e. The second-order valence-electron chi connectivity index (χ2n) is 9.59. The van der Waals surface area contributed by atoms with Gasteiger partial charge in [0.25, 0.3) is 0 Å². The lowest BCUT2D eigenvalue weighted by molar-refractivity contribution is -0.121. The number of pyridine rings is 1. The van der Waals surface area contributed by atoms with Gasteiger partial charge >= 0.3 is 5.97 Å². The predicted octanol–water partition coefficient (Wildman–Crippen LogP) is 3.49. The van der Waals surface area contributed by atoms with Crippen LogP contribution >= 0.6 is 11.6 Å². The number of benzene rings is 1. The van der Waals surface area contributed by atoms with Crippen molar-refractivity contribution < 1.29 is 14.3 Å². The molecule has 1 unspecified atom stereocenters. The Labute approximate surface area is 198 Å². The molecule has 1 saturated carbocycles. The number of aromatic nitrogens is 1. The summed E-state index contributed by atoms with van der Waals surface area (Å²) in [6.07, 6.45) is 4.36. The summed E-state index contributed by atoms with van der Waals surface area (Å²) < 4.78 is 7.03. The number of halogens is 1. The minimum absolute atomic E-state index is 0.00207. The van der Waals surface area contributed by atoms with Crippen LogP contribution in [0.2, 0.25) is 5.02 Å². The highest BCUT2D eigenvalue weighted by Crippen LogP contribution is 2.45. The van der Waals surface area contributed by atoms with Gasteiger partial charge in [0.2, 0.25) is 11.3 Å². The molecule has 1 aliphatic heterocycles. The molecule has 2 heterocycles. The van der Waals surface area contributed by atoms with E-state index in [2.05, 4.69) is 10.2 Å². The molecule has 2 aromatic rings. The van der Waals surface area contributed by atoms with Crippen molar-refractivity contribution in [3.63, 3.8) is 0 Å². The molecule has 3 N–H and O–H groups in total. The average molecular weight is 475 g/mol. The number of hydrogen-bond acceptors (Lipinski definition) is 6. The van der Waals surface area contributed by atoms with E-state index in [1.807, 2.05) is 18.4 Å². The molecule has 1 atom stereocenters. The first-order chi connectivity index (χ1) is 15.5. The number of nitrogens with zero attached hydrogens (tertiary/aromatic N) is 2. The summed E-state index contributed by atoms with van der Waals surface area (Å²) in [4.78, 5) is 39.4. The minimum Gasteiger partial charge on any atom is -0.462 e. The van der Waals surface area contributed by atoms with Gasteiger partial charge < -0.3 is 25.3 Å². The lowest BCUT2D eigenvalue weighted by atomic mass is 9.86. The van der Waals surface area contributed by atoms with Gasteiger partial charge in [0.15, 0.2) is 0 Å². The van der Waals surface area contributed by atoms with Crippen LogP contribution in [0, 0.1) is 5.92 Å². The second kappa shape index (κ2) is 8.56. The summed E-state index contributed by atoms with van der Waals surface area (Å²) in [6.45, 7) is 8.87. The van der Waals surface area contributed by atoms with Crippen LogP contribution in [0.25, 0.3) is 10.9 Å². The number of esters is 1. The lowest BCUT2D eigenvalue weighted by Crippen LogP contribution is -2.49. The molecule has 2 fully saturated rings. The van der Waals surface area contributed by atoms with Gasteiger partial charge in [-0.05, 0) is 46.1 Å². The fraction of sp³-hybridized carbons (Fsp3) is 0.542. The standard InChI is InChI=1S/C24H31ClN4O4/c1-5-33-23(32)17-12-29(15-6-7-15)20-16(22(17)31)10-18(26)21(19(20)25)28-9-8-14(11-28)24(3,4)27-13(2)30/h10,12,14-15H,5-9,11,26H2,1-4H3,(H,27,30). The minimum atomic E-state index is -0.639. The highest BCUT2D eigenvalue weighted by atomic mass is 35.5. The zero-order chi connectivity index (χ0) is 24.1. The maximum Gasteiger partial charge on any atom is 0.343 e. The summed E-state index contributed by atoms with van der Waals surface area (Å²) in [5, 5.41) is 3.79. The molecule has 8 nitrogen and oxygen atoms in total.